The van der Waals surface area contributed by atoms with Crippen molar-refractivity contribution in [2.45, 2.75) is 58.0 Å². The number of aryl methyl sites for hydroxylation is 2. The molecule has 1 saturated carbocycles. The molecule has 1 N–H and O–H groups in total. The van der Waals surface area contributed by atoms with E-state index in [1.807, 2.05) is 11.9 Å². The monoisotopic (exact) mass is 322 g/mol. The van der Waals surface area contributed by atoms with Gasteiger partial charge in [-0.3, -0.25) is 4.79 Å². The molecule has 4 heteroatoms. The van der Waals surface area contributed by atoms with Gasteiger partial charge in [0.05, 0.1) is 6.04 Å². The second kappa shape index (κ2) is 7.01. The first-order chi connectivity index (χ1) is 10.0. The van der Waals surface area contributed by atoms with Crippen LogP contribution >= 0.6 is 12.4 Å². The molecule has 3 atom stereocenters. The average Bonchev–Trinajstić information content (AvgIpc) is 2.88. The highest BCUT2D eigenvalue weighted by Gasteiger charge is 2.39. The number of fused-ring (bicyclic) bond motifs is 1. The van der Waals surface area contributed by atoms with E-state index in [2.05, 4.69) is 37.4 Å². The van der Waals surface area contributed by atoms with E-state index in [9.17, 15) is 4.79 Å². The third kappa shape index (κ3) is 3.47. The van der Waals surface area contributed by atoms with Crippen molar-refractivity contribution in [3.63, 3.8) is 0 Å². The fraction of sp³-hybridized carbons (Fsp3) is 0.611. The minimum atomic E-state index is 0. The summed E-state index contributed by atoms with van der Waals surface area (Å²) in [7, 11) is 1.90. The Kier molecular flexibility index (Phi) is 5.51. The summed E-state index contributed by atoms with van der Waals surface area (Å²) in [6.07, 6.45) is 6.17. The van der Waals surface area contributed by atoms with E-state index in [4.69, 9.17) is 0 Å². The fourth-order valence-electron chi connectivity index (χ4n) is 4.02. The Bertz CT molecular complexity index is 512. The van der Waals surface area contributed by atoms with Crippen LogP contribution < -0.4 is 10.2 Å². The number of amides is 1. The summed E-state index contributed by atoms with van der Waals surface area (Å²) in [5.41, 5.74) is 3.42. The number of benzene rings is 1. The molecule has 2 fully saturated rings. The second-order valence-electron chi connectivity index (χ2n) is 6.85. The molecular weight excluding hydrogens is 296 g/mol. The molecule has 1 aromatic rings. The molecule has 122 valence electrons. The SMILES string of the molecule is Cc1cc(C)cc(N(C)C(=O)C2CC3CCCCC3N2)c1.Cl. The molecule has 2 aliphatic rings. The molecule has 1 amide bonds. The number of rotatable bonds is 2. The van der Waals surface area contributed by atoms with Gasteiger partial charge in [0, 0.05) is 18.8 Å². The van der Waals surface area contributed by atoms with Gasteiger partial charge < -0.3 is 10.2 Å². The van der Waals surface area contributed by atoms with Crippen molar-refractivity contribution in [1.82, 2.24) is 5.32 Å². The van der Waals surface area contributed by atoms with E-state index in [-0.39, 0.29) is 24.4 Å². The molecule has 1 saturated heterocycles. The van der Waals surface area contributed by atoms with Gasteiger partial charge in [-0.25, -0.2) is 0 Å². The zero-order chi connectivity index (χ0) is 15.0. The largest absolute Gasteiger partial charge is 0.314 e. The summed E-state index contributed by atoms with van der Waals surface area (Å²) in [5, 5.41) is 3.58. The van der Waals surface area contributed by atoms with Gasteiger partial charge in [0.25, 0.3) is 0 Å². The Morgan fingerprint density at radius 1 is 1.14 bits per heavy atom. The molecule has 0 spiro atoms. The molecule has 1 aliphatic carbocycles. The maximum absolute atomic E-state index is 12.8. The molecule has 0 bridgehead atoms. The van der Waals surface area contributed by atoms with Crippen molar-refractivity contribution in [2.75, 3.05) is 11.9 Å². The number of nitrogens with zero attached hydrogens (tertiary/aromatic N) is 1. The first kappa shape index (κ1) is 17.3. The van der Waals surface area contributed by atoms with Crippen molar-refractivity contribution in [1.29, 1.82) is 0 Å². The predicted molar refractivity (Wildman–Crippen MR) is 93.9 cm³/mol. The highest BCUT2D eigenvalue weighted by atomic mass is 35.5. The van der Waals surface area contributed by atoms with Gasteiger partial charge in [-0.2, -0.15) is 0 Å². The van der Waals surface area contributed by atoms with E-state index in [1.165, 1.54) is 36.8 Å². The lowest BCUT2D eigenvalue weighted by atomic mass is 9.85. The van der Waals surface area contributed by atoms with E-state index < -0.39 is 0 Å². The van der Waals surface area contributed by atoms with Gasteiger partial charge in [0.2, 0.25) is 5.91 Å². The van der Waals surface area contributed by atoms with Crippen LogP contribution in [0.5, 0.6) is 0 Å². The number of anilines is 1. The Labute approximate surface area is 139 Å². The van der Waals surface area contributed by atoms with Crippen LogP contribution in [0.25, 0.3) is 0 Å². The Morgan fingerprint density at radius 2 is 1.77 bits per heavy atom. The maximum Gasteiger partial charge on any atom is 0.243 e. The molecule has 0 aromatic heterocycles. The summed E-state index contributed by atoms with van der Waals surface area (Å²) in [5.74, 6) is 0.926. The molecule has 3 nitrogen and oxygen atoms in total. The predicted octanol–water partition coefficient (Wildman–Crippen LogP) is 3.61. The minimum absolute atomic E-state index is 0. The van der Waals surface area contributed by atoms with Crippen LogP contribution in [0, 0.1) is 19.8 Å². The van der Waals surface area contributed by atoms with Crippen LogP contribution in [0.15, 0.2) is 18.2 Å². The zero-order valence-electron chi connectivity index (χ0n) is 13.8. The van der Waals surface area contributed by atoms with Gasteiger partial charge in [-0.05, 0) is 62.3 Å². The number of carbonyl (C=O) groups excluding carboxylic acids is 1. The normalized spacial score (nSPS) is 27.0. The number of hydrogen-bond donors (Lipinski definition) is 1. The van der Waals surface area contributed by atoms with E-state index >= 15 is 0 Å². The highest BCUT2D eigenvalue weighted by Crippen LogP contribution is 2.34. The quantitative estimate of drug-likeness (QED) is 0.902. The maximum atomic E-state index is 12.8. The molecule has 3 unspecified atom stereocenters. The number of hydrogen-bond acceptors (Lipinski definition) is 2. The van der Waals surface area contributed by atoms with Gasteiger partial charge >= 0.3 is 0 Å². The fourth-order valence-corrected chi connectivity index (χ4v) is 4.02. The second-order valence-corrected chi connectivity index (χ2v) is 6.85. The number of carbonyl (C=O) groups is 1. The van der Waals surface area contributed by atoms with Crippen molar-refractivity contribution >= 4 is 24.0 Å². The van der Waals surface area contributed by atoms with Crippen LogP contribution in [0.1, 0.15) is 43.2 Å². The van der Waals surface area contributed by atoms with Crippen molar-refractivity contribution < 1.29 is 4.79 Å². The van der Waals surface area contributed by atoms with E-state index in [0.717, 1.165) is 12.1 Å². The number of halogens is 1. The lowest BCUT2D eigenvalue weighted by molar-refractivity contribution is -0.120. The molecule has 1 aromatic carbocycles. The third-order valence-corrected chi connectivity index (χ3v) is 5.09. The first-order valence-electron chi connectivity index (χ1n) is 8.16. The van der Waals surface area contributed by atoms with Crippen LogP contribution in [0.2, 0.25) is 0 Å². The summed E-state index contributed by atoms with van der Waals surface area (Å²) < 4.78 is 0. The lowest BCUT2D eigenvalue weighted by Gasteiger charge is -2.24. The number of nitrogens with one attached hydrogen (secondary N) is 1. The zero-order valence-corrected chi connectivity index (χ0v) is 14.6. The summed E-state index contributed by atoms with van der Waals surface area (Å²) in [4.78, 5) is 14.6. The smallest absolute Gasteiger partial charge is 0.243 e. The third-order valence-electron chi connectivity index (χ3n) is 5.09. The average molecular weight is 323 g/mol. The van der Waals surface area contributed by atoms with Crippen molar-refractivity contribution in [3.8, 4) is 0 Å². The molecule has 22 heavy (non-hydrogen) atoms. The minimum Gasteiger partial charge on any atom is -0.314 e. The highest BCUT2D eigenvalue weighted by molar-refractivity contribution is 5.97. The number of likely N-dealkylation sites (N-methyl/N-ethyl adjacent to an activating group) is 1. The summed E-state index contributed by atoms with van der Waals surface area (Å²) in [6.45, 7) is 4.16. The van der Waals surface area contributed by atoms with E-state index in [0.29, 0.717) is 12.0 Å². The molecule has 3 rings (SSSR count). The van der Waals surface area contributed by atoms with E-state index in [1.54, 1.807) is 0 Å². The van der Waals surface area contributed by atoms with Crippen LogP contribution in [0.4, 0.5) is 5.69 Å². The summed E-state index contributed by atoms with van der Waals surface area (Å²) in [6, 6.07) is 6.90. The summed E-state index contributed by atoms with van der Waals surface area (Å²) >= 11 is 0. The Hall–Kier alpha value is -1.06. The Morgan fingerprint density at radius 3 is 2.41 bits per heavy atom. The topological polar surface area (TPSA) is 32.3 Å². The van der Waals surface area contributed by atoms with Crippen LogP contribution in [0.3, 0.4) is 0 Å². The van der Waals surface area contributed by atoms with Gasteiger partial charge in [-0.1, -0.05) is 18.9 Å². The molecule has 1 aliphatic heterocycles. The van der Waals surface area contributed by atoms with Crippen LogP contribution in [-0.4, -0.2) is 25.0 Å². The first-order valence-corrected chi connectivity index (χ1v) is 8.16. The van der Waals surface area contributed by atoms with Gasteiger partial charge in [0.15, 0.2) is 0 Å². The molecule has 1 heterocycles. The lowest BCUT2D eigenvalue weighted by Crippen LogP contribution is -2.44. The Balaban J connectivity index is 0.00000176. The standard InChI is InChI=1S/C18H26N2O.ClH/c1-12-8-13(2)10-15(9-12)20(3)18(21)17-11-14-6-4-5-7-16(14)19-17;/h8-10,14,16-17,19H,4-7,11H2,1-3H3;1H. The molecule has 0 radical (unpaired) electrons. The van der Waals surface area contributed by atoms with Gasteiger partial charge in [0.1, 0.15) is 0 Å². The molecular formula is C18H27ClN2O. The van der Waals surface area contributed by atoms with Crippen molar-refractivity contribution in [2.24, 2.45) is 5.92 Å². The van der Waals surface area contributed by atoms with Gasteiger partial charge in [-0.15, -0.1) is 12.4 Å². The van der Waals surface area contributed by atoms with Crippen LogP contribution in [-0.2, 0) is 4.79 Å². The van der Waals surface area contributed by atoms with Crippen molar-refractivity contribution in [3.05, 3.63) is 29.3 Å².